The van der Waals surface area contributed by atoms with Gasteiger partial charge in [0.2, 0.25) is 5.89 Å². The number of aromatic nitrogens is 4. The number of fused-ring (bicyclic) bond motifs is 1. The van der Waals surface area contributed by atoms with E-state index in [9.17, 15) is 0 Å². The first kappa shape index (κ1) is 14.3. The van der Waals surface area contributed by atoms with Crippen molar-refractivity contribution in [2.45, 2.75) is 24.1 Å². The fourth-order valence-electron chi connectivity index (χ4n) is 2.18. The first-order valence-corrected chi connectivity index (χ1v) is 8.62. The van der Waals surface area contributed by atoms with Gasteiger partial charge in [-0.25, -0.2) is 9.97 Å². The standard InChI is InChI=1S/C16H12N4OS2/c1-9-3-5-11(6-4-9)13-19-20-16(21-13)23-15-12-7-10(2)22-14(12)17-8-18-15/h3-8H,1-2H3. The van der Waals surface area contributed by atoms with Crippen LogP contribution in [-0.2, 0) is 0 Å². The lowest BCUT2D eigenvalue weighted by Crippen LogP contribution is -1.83. The molecule has 1 aromatic carbocycles. The summed E-state index contributed by atoms with van der Waals surface area (Å²) < 4.78 is 5.75. The summed E-state index contributed by atoms with van der Waals surface area (Å²) in [6, 6.07) is 10.1. The molecule has 0 saturated carbocycles. The third-order valence-corrected chi connectivity index (χ3v) is 5.12. The van der Waals surface area contributed by atoms with E-state index in [2.05, 4.69) is 33.2 Å². The van der Waals surface area contributed by atoms with Crippen LogP contribution in [0.15, 0.2) is 51.3 Å². The quantitative estimate of drug-likeness (QED) is 0.511. The van der Waals surface area contributed by atoms with Crippen LogP contribution in [0.25, 0.3) is 21.7 Å². The minimum atomic E-state index is 0.476. The Morgan fingerprint density at radius 2 is 1.87 bits per heavy atom. The number of benzene rings is 1. The monoisotopic (exact) mass is 340 g/mol. The topological polar surface area (TPSA) is 64.7 Å². The van der Waals surface area contributed by atoms with Crippen LogP contribution in [0, 0.1) is 13.8 Å². The molecule has 0 atom stereocenters. The molecule has 3 aromatic heterocycles. The Morgan fingerprint density at radius 1 is 1.04 bits per heavy atom. The van der Waals surface area contributed by atoms with Gasteiger partial charge in [0.25, 0.3) is 5.22 Å². The van der Waals surface area contributed by atoms with E-state index in [1.54, 1.807) is 17.7 Å². The number of nitrogens with zero attached hydrogens (tertiary/aromatic N) is 4. The van der Waals surface area contributed by atoms with E-state index in [0.717, 1.165) is 20.8 Å². The average molecular weight is 340 g/mol. The van der Waals surface area contributed by atoms with E-state index < -0.39 is 0 Å². The lowest BCUT2D eigenvalue weighted by Gasteiger charge is -1.97. The van der Waals surface area contributed by atoms with Crippen molar-refractivity contribution < 1.29 is 4.42 Å². The fraction of sp³-hybridized carbons (Fsp3) is 0.125. The number of rotatable bonds is 3. The van der Waals surface area contributed by atoms with Gasteiger partial charge in [0.05, 0.1) is 0 Å². The zero-order valence-corrected chi connectivity index (χ0v) is 14.1. The van der Waals surface area contributed by atoms with E-state index in [4.69, 9.17) is 4.42 Å². The van der Waals surface area contributed by atoms with Crippen LogP contribution in [0.5, 0.6) is 0 Å². The highest BCUT2D eigenvalue weighted by Crippen LogP contribution is 2.34. The maximum absolute atomic E-state index is 5.75. The van der Waals surface area contributed by atoms with Crippen molar-refractivity contribution in [1.82, 2.24) is 20.2 Å². The van der Waals surface area contributed by atoms with Gasteiger partial charge < -0.3 is 4.42 Å². The molecule has 7 heteroatoms. The van der Waals surface area contributed by atoms with Gasteiger partial charge in [-0.2, -0.15) is 0 Å². The largest absolute Gasteiger partial charge is 0.411 e. The second-order valence-electron chi connectivity index (χ2n) is 5.10. The minimum Gasteiger partial charge on any atom is -0.411 e. The van der Waals surface area contributed by atoms with E-state index in [1.165, 1.54) is 22.2 Å². The number of hydrogen-bond acceptors (Lipinski definition) is 7. The Balaban J connectivity index is 1.65. The zero-order valence-electron chi connectivity index (χ0n) is 12.5. The van der Waals surface area contributed by atoms with Gasteiger partial charge in [0, 0.05) is 15.8 Å². The second-order valence-corrected chi connectivity index (χ2v) is 7.27. The van der Waals surface area contributed by atoms with Gasteiger partial charge in [-0.05, 0) is 43.8 Å². The van der Waals surface area contributed by atoms with Crippen LogP contribution < -0.4 is 0 Å². The summed E-state index contributed by atoms with van der Waals surface area (Å²) in [5.41, 5.74) is 2.10. The van der Waals surface area contributed by atoms with Crippen LogP contribution >= 0.6 is 23.1 Å². The molecule has 0 aliphatic rings. The Hall–Kier alpha value is -2.25. The van der Waals surface area contributed by atoms with Gasteiger partial charge >= 0.3 is 0 Å². The van der Waals surface area contributed by atoms with Crippen molar-refractivity contribution in [3.63, 3.8) is 0 Å². The van der Waals surface area contributed by atoms with Crippen LogP contribution in [0.1, 0.15) is 10.4 Å². The van der Waals surface area contributed by atoms with Crippen molar-refractivity contribution in [2.24, 2.45) is 0 Å². The molecule has 0 spiro atoms. The Kier molecular flexibility index (Phi) is 3.59. The zero-order chi connectivity index (χ0) is 15.8. The van der Waals surface area contributed by atoms with Crippen LogP contribution in [-0.4, -0.2) is 20.2 Å². The summed E-state index contributed by atoms with van der Waals surface area (Å²) in [7, 11) is 0. The summed E-state index contributed by atoms with van der Waals surface area (Å²) in [6.45, 7) is 4.10. The minimum absolute atomic E-state index is 0.476. The fourth-order valence-corrected chi connectivity index (χ4v) is 3.83. The van der Waals surface area contributed by atoms with E-state index in [0.29, 0.717) is 11.1 Å². The highest BCUT2D eigenvalue weighted by atomic mass is 32.2. The van der Waals surface area contributed by atoms with Gasteiger partial charge in [-0.1, -0.05) is 17.7 Å². The molecule has 3 heterocycles. The third-order valence-electron chi connectivity index (χ3n) is 3.31. The molecule has 114 valence electrons. The first-order chi connectivity index (χ1) is 11.2. The molecule has 0 aliphatic heterocycles. The highest BCUT2D eigenvalue weighted by molar-refractivity contribution is 7.99. The maximum Gasteiger partial charge on any atom is 0.283 e. The van der Waals surface area contributed by atoms with Crippen LogP contribution in [0.4, 0.5) is 0 Å². The molecule has 0 bridgehead atoms. The van der Waals surface area contributed by atoms with Crippen molar-refractivity contribution >= 4 is 33.3 Å². The van der Waals surface area contributed by atoms with Crippen LogP contribution in [0.3, 0.4) is 0 Å². The van der Waals surface area contributed by atoms with Gasteiger partial charge in [-0.3, -0.25) is 0 Å². The predicted octanol–water partition coefficient (Wildman–Crippen LogP) is 4.51. The molecule has 0 N–H and O–H groups in total. The number of hydrogen-bond donors (Lipinski definition) is 0. The van der Waals surface area contributed by atoms with Gasteiger partial charge in [0.15, 0.2) is 0 Å². The number of aryl methyl sites for hydroxylation is 2. The average Bonchev–Trinajstić information content (AvgIpc) is 3.14. The number of thiophene rings is 1. The predicted molar refractivity (Wildman–Crippen MR) is 90.7 cm³/mol. The first-order valence-electron chi connectivity index (χ1n) is 6.98. The molecule has 0 aliphatic carbocycles. The Labute approximate surface area is 140 Å². The SMILES string of the molecule is Cc1ccc(-c2nnc(Sc3ncnc4sc(C)cc34)o2)cc1. The lowest BCUT2D eigenvalue weighted by atomic mass is 10.1. The molecule has 4 aromatic rings. The molecule has 5 nitrogen and oxygen atoms in total. The van der Waals surface area contributed by atoms with Crippen molar-refractivity contribution in [3.05, 3.63) is 47.1 Å². The molecule has 0 amide bonds. The van der Waals surface area contributed by atoms with Crippen molar-refractivity contribution in [2.75, 3.05) is 0 Å². The molecule has 23 heavy (non-hydrogen) atoms. The van der Waals surface area contributed by atoms with Gasteiger partial charge in [0.1, 0.15) is 16.2 Å². The summed E-state index contributed by atoms with van der Waals surface area (Å²) in [5, 5.41) is 10.6. The summed E-state index contributed by atoms with van der Waals surface area (Å²) >= 11 is 3.01. The smallest absolute Gasteiger partial charge is 0.283 e. The van der Waals surface area contributed by atoms with E-state index in [1.807, 2.05) is 31.2 Å². The summed E-state index contributed by atoms with van der Waals surface area (Å²) in [4.78, 5) is 10.8. The van der Waals surface area contributed by atoms with Crippen LogP contribution in [0.2, 0.25) is 0 Å². The third kappa shape index (κ3) is 2.85. The van der Waals surface area contributed by atoms with Gasteiger partial charge in [-0.15, -0.1) is 21.5 Å². The normalized spacial score (nSPS) is 11.2. The Morgan fingerprint density at radius 3 is 2.70 bits per heavy atom. The molecule has 0 fully saturated rings. The van der Waals surface area contributed by atoms with Crippen molar-refractivity contribution in [1.29, 1.82) is 0 Å². The van der Waals surface area contributed by atoms with E-state index >= 15 is 0 Å². The Bertz CT molecular complexity index is 975. The summed E-state index contributed by atoms with van der Waals surface area (Å²) in [5.74, 6) is 0.513. The maximum atomic E-state index is 5.75. The molecule has 0 unspecified atom stereocenters. The van der Waals surface area contributed by atoms with Crippen molar-refractivity contribution in [3.8, 4) is 11.5 Å². The molecular weight excluding hydrogens is 328 g/mol. The lowest BCUT2D eigenvalue weighted by molar-refractivity contribution is 0.465. The molecule has 4 rings (SSSR count). The second kappa shape index (κ2) is 5.75. The molecule has 0 radical (unpaired) electrons. The van der Waals surface area contributed by atoms with E-state index in [-0.39, 0.29) is 0 Å². The highest BCUT2D eigenvalue weighted by Gasteiger charge is 2.14. The summed E-state index contributed by atoms with van der Waals surface area (Å²) in [6.07, 6.45) is 1.57. The molecule has 0 saturated heterocycles. The molecular formula is C16H12N4OS2.